The lowest BCUT2D eigenvalue weighted by atomic mass is 9.97. The molecule has 10 rings (SSSR count). The van der Waals surface area contributed by atoms with Gasteiger partial charge in [-0.2, -0.15) is 0 Å². The lowest BCUT2D eigenvalue weighted by Crippen LogP contribution is -2.69. The molecule has 88 heavy (non-hydrogen) atoms. The Labute approximate surface area is 521 Å². The molecule has 0 aromatic heterocycles. The minimum Gasteiger partial charge on any atom is -0.464 e. The zero-order valence-electron chi connectivity index (χ0n) is 50.8. The first-order valence-corrected chi connectivity index (χ1v) is 32.4. The molecule has 0 aliphatic carbocycles. The zero-order chi connectivity index (χ0) is 60.6. The van der Waals surface area contributed by atoms with Crippen molar-refractivity contribution in [1.29, 1.82) is 0 Å². The highest BCUT2D eigenvalue weighted by Gasteiger charge is 2.55. The summed E-state index contributed by atoms with van der Waals surface area (Å²) < 4.78 is 72.7. The highest BCUT2D eigenvalue weighted by atomic mass is 28.4. The van der Waals surface area contributed by atoms with Crippen molar-refractivity contribution in [2.24, 2.45) is 0 Å². The number of ether oxygens (including phenoxy) is 9. The Morgan fingerprint density at radius 2 is 0.750 bits per heavy atom. The van der Waals surface area contributed by atoms with E-state index in [0.29, 0.717) is 13.2 Å². The highest BCUT2D eigenvalue weighted by Crippen LogP contribution is 2.40. The second-order valence-corrected chi connectivity index (χ2v) is 27.5. The summed E-state index contributed by atoms with van der Waals surface area (Å²) >= 11 is 0. The van der Waals surface area contributed by atoms with Gasteiger partial charge in [0.2, 0.25) is 6.29 Å². The fraction of sp³-hybridized carbons (Fsp3) is 0.273. The lowest BCUT2D eigenvalue weighted by Gasteiger charge is -2.48. The normalized spacial score (nSPS) is 18.0. The van der Waals surface area contributed by atoms with Crippen molar-refractivity contribution in [3.8, 4) is 0 Å². The van der Waals surface area contributed by atoms with Crippen LogP contribution in [0.15, 0.2) is 285 Å². The minimum atomic E-state index is -3.38. The van der Waals surface area contributed by atoms with Gasteiger partial charge in [-0.3, -0.25) is 0 Å². The summed E-state index contributed by atoms with van der Waals surface area (Å²) in [5.74, 6) is 0.223. The summed E-state index contributed by atoms with van der Waals surface area (Å²) in [5, 5.41) is 1.76. The maximum atomic E-state index is 8.21. The average Bonchev–Trinajstić information content (AvgIpc) is 1.13. The van der Waals surface area contributed by atoms with Gasteiger partial charge in [0, 0.05) is 0 Å². The molecule has 1 fully saturated rings. The Kier molecular flexibility index (Phi) is 23.5. The van der Waals surface area contributed by atoms with Gasteiger partial charge in [-0.1, -0.05) is 300 Å². The van der Waals surface area contributed by atoms with Gasteiger partial charge in [0.1, 0.15) is 42.4 Å². The van der Waals surface area contributed by atoms with Crippen LogP contribution in [0.25, 0.3) is 0 Å². The molecule has 0 saturated carbocycles. The summed E-state index contributed by atoms with van der Waals surface area (Å²) in [5.41, 5.74) is 6.85. The molecule has 0 unspecified atom stereocenters. The Bertz CT molecular complexity index is 3340. The fourth-order valence-electron chi connectivity index (χ4n) is 11.3. The molecular weight excluding hydrogens is 1110 g/mol. The Morgan fingerprint density at radius 3 is 1.16 bits per heavy atom. The first kappa shape index (κ1) is 63.4. The number of hydrogen-bond donors (Lipinski definition) is 0. The van der Waals surface area contributed by atoms with E-state index in [1.807, 2.05) is 188 Å². The lowest BCUT2D eigenvalue weighted by molar-refractivity contribution is -0.324. The van der Waals surface area contributed by atoms with E-state index in [1.165, 1.54) is 0 Å². The van der Waals surface area contributed by atoms with Crippen LogP contribution in [-0.2, 0) is 93.3 Å². The van der Waals surface area contributed by atoms with Crippen molar-refractivity contribution in [3.05, 3.63) is 324 Å². The van der Waals surface area contributed by atoms with Crippen molar-refractivity contribution in [3.63, 3.8) is 0 Å². The molecule has 0 N–H and O–H groups in total. The molecule has 1 heterocycles. The summed E-state index contributed by atoms with van der Waals surface area (Å²) in [6.07, 6.45) is -7.09. The summed E-state index contributed by atoms with van der Waals surface area (Å²) in [7, 11) is -3.38. The maximum absolute atomic E-state index is 8.21. The summed E-state index contributed by atoms with van der Waals surface area (Å²) in [6, 6.07) is 92.1. The van der Waals surface area contributed by atoms with E-state index in [1.54, 1.807) is 0 Å². The van der Waals surface area contributed by atoms with Gasteiger partial charge in [-0.25, -0.2) is 0 Å². The van der Waals surface area contributed by atoms with E-state index in [9.17, 15) is 0 Å². The molecule has 9 aromatic carbocycles. The van der Waals surface area contributed by atoms with Crippen LogP contribution in [0.2, 0.25) is 5.04 Å². The molecule has 0 spiro atoms. The topological polar surface area (TPSA) is 92.3 Å². The standard InChI is InChI=1S/C77H82O10Si/c1-59(85-76-75(84-56-66-44-26-11-27-45-66)74(83-55-65-42-24-10-25-43-65)72(81-53-63-38-20-8-21-39-63)69(86-76)57-78-50-60-32-14-5-15-33-60)71(80-52-62-36-18-7-19-37-62)73(82-54-64-40-22-9-23-41-64)70(58-79-51-61-34-16-6-17-35-61)87-88(77(2,3)4,67-46-28-12-29-47-67)68-48-30-13-31-49-68/h5-49,69-76H,1,50-58H2,2-4H3/t69-,70-,71-,72-,73-,74+,75-,76+/m1/s1. The molecule has 0 radical (unpaired) electrons. The van der Waals surface area contributed by atoms with Crippen LogP contribution in [0.4, 0.5) is 0 Å². The molecule has 454 valence electrons. The fourth-order valence-corrected chi connectivity index (χ4v) is 16.0. The second-order valence-electron chi connectivity index (χ2n) is 23.2. The largest absolute Gasteiger partial charge is 0.464 e. The van der Waals surface area contributed by atoms with Crippen LogP contribution in [0.3, 0.4) is 0 Å². The van der Waals surface area contributed by atoms with Gasteiger partial charge < -0.3 is 47.1 Å². The number of benzene rings is 9. The van der Waals surface area contributed by atoms with Gasteiger partial charge in [0.15, 0.2) is 0 Å². The molecule has 10 nitrogen and oxygen atoms in total. The predicted molar refractivity (Wildman–Crippen MR) is 349 cm³/mol. The maximum Gasteiger partial charge on any atom is 0.261 e. The second kappa shape index (κ2) is 32.6. The first-order chi connectivity index (χ1) is 43.2. The molecule has 1 saturated heterocycles. The third kappa shape index (κ3) is 17.6. The van der Waals surface area contributed by atoms with Crippen molar-refractivity contribution in [1.82, 2.24) is 0 Å². The quantitative estimate of drug-likeness (QED) is 0.0300. The van der Waals surface area contributed by atoms with Crippen molar-refractivity contribution in [2.75, 3.05) is 13.2 Å². The van der Waals surface area contributed by atoms with Crippen LogP contribution >= 0.6 is 0 Å². The van der Waals surface area contributed by atoms with Crippen molar-refractivity contribution >= 4 is 18.7 Å². The molecule has 0 bridgehead atoms. The van der Waals surface area contributed by atoms with Gasteiger partial charge in [-0.05, 0) is 54.4 Å². The van der Waals surface area contributed by atoms with Gasteiger partial charge in [0.05, 0.1) is 65.6 Å². The van der Waals surface area contributed by atoms with E-state index in [2.05, 4.69) is 106 Å². The van der Waals surface area contributed by atoms with Crippen LogP contribution in [0.1, 0.15) is 59.7 Å². The van der Waals surface area contributed by atoms with Gasteiger partial charge in [0.25, 0.3) is 8.32 Å². The first-order valence-electron chi connectivity index (χ1n) is 30.5. The summed E-state index contributed by atoms with van der Waals surface area (Å²) in [4.78, 5) is 0. The number of hydrogen-bond acceptors (Lipinski definition) is 10. The Morgan fingerprint density at radius 1 is 0.409 bits per heavy atom. The van der Waals surface area contributed by atoms with E-state index in [0.717, 1.165) is 49.3 Å². The van der Waals surface area contributed by atoms with Crippen LogP contribution in [-0.4, -0.2) is 70.5 Å². The van der Waals surface area contributed by atoms with Crippen LogP contribution in [0, 0.1) is 0 Å². The third-order valence-electron chi connectivity index (χ3n) is 15.8. The van der Waals surface area contributed by atoms with Crippen molar-refractivity contribution < 1.29 is 47.1 Å². The predicted octanol–water partition coefficient (Wildman–Crippen LogP) is 14.5. The Balaban J connectivity index is 1.10. The number of rotatable bonds is 32. The summed E-state index contributed by atoms with van der Waals surface area (Å²) in [6.45, 7) is 13.7. The van der Waals surface area contributed by atoms with E-state index in [-0.39, 0.29) is 52.0 Å². The third-order valence-corrected chi connectivity index (χ3v) is 20.8. The van der Waals surface area contributed by atoms with Crippen molar-refractivity contribution in [2.45, 2.75) is 121 Å². The molecule has 11 heteroatoms. The molecule has 1 aliphatic rings. The van der Waals surface area contributed by atoms with Crippen LogP contribution in [0.5, 0.6) is 0 Å². The van der Waals surface area contributed by atoms with Crippen LogP contribution < -0.4 is 10.4 Å². The molecule has 0 amide bonds. The monoisotopic (exact) mass is 1190 g/mol. The average molecular weight is 1200 g/mol. The minimum absolute atomic E-state index is 0.108. The van der Waals surface area contributed by atoms with Gasteiger partial charge >= 0.3 is 0 Å². The molecular formula is C77H82O10Si. The van der Waals surface area contributed by atoms with E-state index >= 15 is 0 Å². The SMILES string of the molecule is C=C(O[C@H]1O[C@H](COCc2ccccc2)[C@@H](OCc2ccccc2)[C@H](OCc2ccccc2)[C@H]1OCc1ccccc1)[C@@H](OCc1ccccc1)[C@H](OCc1ccccc1)[C@@H](COCc1ccccc1)O[Si](c1ccccc1)(c1ccccc1)C(C)(C)C. The Hall–Kier alpha value is -7.62. The van der Waals surface area contributed by atoms with E-state index < -0.39 is 62.4 Å². The molecule has 9 aromatic rings. The van der Waals surface area contributed by atoms with E-state index in [4.69, 9.17) is 53.6 Å². The molecule has 8 atom stereocenters. The van der Waals surface area contributed by atoms with Gasteiger partial charge in [-0.15, -0.1) is 0 Å². The highest BCUT2D eigenvalue weighted by molar-refractivity contribution is 6.99. The smallest absolute Gasteiger partial charge is 0.261 e. The molecule has 1 aliphatic heterocycles. The zero-order valence-corrected chi connectivity index (χ0v) is 51.8.